The largest absolute Gasteiger partial charge is 0.323 e. The molecule has 3 rings (SSSR count). The number of amides is 1. The lowest BCUT2D eigenvalue weighted by atomic mass is 10.2. The number of piperidine rings is 1. The smallest absolute Gasteiger partial charge is 0.245 e. The number of nitrogens with zero attached hydrogens (tertiary/aromatic N) is 1. The molecule has 1 saturated heterocycles. The molecule has 1 unspecified atom stereocenters. The van der Waals surface area contributed by atoms with Crippen LogP contribution in [0.1, 0.15) is 12.8 Å². The zero-order valence-electron chi connectivity index (χ0n) is 11.0. The fourth-order valence-electron chi connectivity index (χ4n) is 2.68. The van der Waals surface area contributed by atoms with Gasteiger partial charge >= 0.3 is 0 Å². The highest BCUT2D eigenvalue weighted by molar-refractivity contribution is 7.93. The monoisotopic (exact) mass is 295 g/mol. The SMILES string of the molecule is O=C1CN(S(=O)(=O)C2CCCNC2)c2ccccc2N1. The van der Waals surface area contributed by atoms with E-state index in [0.717, 1.165) is 13.0 Å². The van der Waals surface area contributed by atoms with E-state index >= 15 is 0 Å². The molecule has 0 radical (unpaired) electrons. The number of carbonyl (C=O) groups excluding carboxylic acids is 1. The number of benzene rings is 1. The van der Waals surface area contributed by atoms with Crippen LogP contribution in [0, 0.1) is 0 Å². The molecule has 2 aliphatic heterocycles. The van der Waals surface area contributed by atoms with Gasteiger partial charge in [-0.15, -0.1) is 0 Å². The van der Waals surface area contributed by atoms with E-state index in [9.17, 15) is 13.2 Å². The van der Waals surface area contributed by atoms with Crippen molar-refractivity contribution in [1.82, 2.24) is 5.32 Å². The van der Waals surface area contributed by atoms with Gasteiger partial charge in [0.25, 0.3) is 0 Å². The maximum atomic E-state index is 12.8. The molecule has 0 bridgehead atoms. The van der Waals surface area contributed by atoms with Gasteiger partial charge in [-0.25, -0.2) is 8.42 Å². The highest BCUT2D eigenvalue weighted by Crippen LogP contribution is 2.33. The number of hydrogen-bond donors (Lipinski definition) is 2. The van der Waals surface area contributed by atoms with Gasteiger partial charge in [-0.1, -0.05) is 12.1 Å². The Morgan fingerprint density at radius 1 is 1.25 bits per heavy atom. The van der Waals surface area contributed by atoms with Crippen LogP contribution in [-0.4, -0.2) is 39.2 Å². The second kappa shape index (κ2) is 5.06. The van der Waals surface area contributed by atoms with Crippen molar-refractivity contribution < 1.29 is 13.2 Å². The fourth-order valence-corrected chi connectivity index (χ4v) is 4.57. The Hall–Kier alpha value is -1.60. The van der Waals surface area contributed by atoms with E-state index in [-0.39, 0.29) is 12.5 Å². The van der Waals surface area contributed by atoms with Crippen molar-refractivity contribution in [3.63, 3.8) is 0 Å². The van der Waals surface area contributed by atoms with Crippen LogP contribution < -0.4 is 14.9 Å². The van der Waals surface area contributed by atoms with Crippen LogP contribution in [0.4, 0.5) is 11.4 Å². The average Bonchev–Trinajstić information content (AvgIpc) is 2.47. The molecule has 2 aliphatic rings. The van der Waals surface area contributed by atoms with Crippen molar-refractivity contribution in [2.24, 2.45) is 0 Å². The predicted molar refractivity (Wildman–Crippen MR) is 77.2 cm³/mol. The lowest BCUT2D eigenvalue weighted by Crippen LogP contribution is -2.50. The van der Waals surface area contributed by atoms with E-state index in [1.807, 2.05) is 0 Å². The number of nitrogens with one attached hydrogen (secondary N) is 2. The number of carbonyl (C=O) groups is 1. The molecule has 2 N–H and O–H groups in total. The summed E-state index contributed by atoms with van der Waals surface area (Å²) in [5.74, 6) is -0.295. The number of anilines is 2. The molecule has 1 aromatic carbocycles. The molecule has 0 spiro atoms. The second-order valence-corrected chi connectivity index (χ2v) is 7.22. The standard InChI is InChI=1S/C13H17N3O3S/c17-13-9-16(12-6-2-1-5-11(12)15-13)20(18,19)10-4-3-7-14-8-10/h1-2,5-6,10,14H,3-4,7-9H2,(H,15,17). The third kappa shape index (κ3) is 2.27. The Morgan fingerprint density at radius 2 is 2.05 bits per heavy atom. The van der Waals surface area contributed by atoms with Gasteiger partial charge in [0, 0.05) is 6.54 Å². The maximum Gasteiger partial charge on any atom is 0.245 e. The van der Waals surface area contributed by atoms with Gasteiger partial charge in [0.15, 0.2) is 0 Å². The highest BCUT2D eigenvalue weighted by Gasteiger charge is 2.37. The topological polar surface area (TPSA) is 78.5 Å². The summed E-state index contributed by atoms with van der Waals surface area (Å²) in [5, 5.41) is 5.35. The number of hydrogen-bond acceptors (Lipinski definition) is 4. The molecular formula is C13H17N3O3S. The molecule has 108 valence electrons. The Kier molecular flexibility index (Phi) is 3.39. The minimum atomic E-state index is -3.52. The van der Waals surface area contributed by atoms with Crippen molar-refractivity contribution >= 4 is 27.3 Å². The van der Waals surface area contributed by atoms with Crippen LogP contribution in [0.3, 0.4) is 0 Å². The molecule has 1 atom stereocenters. The predicted octanol–water partition coefficient (Wildman–Crippen LogP) is 0.527. The average molecular weight is 295 g/mol. The summed E-state index contributed by atoms with van der Waals surface area (Å²) >= 11 is 0. The van der Waals surface area contributed by atoms with Crippen LogP contribution in [0.25, 0.3) is 0 Å². The first-order valence-electron chi connectivity index (χ1n) is 6.70. The normalized spacial score (nSPS) is 23.1. The van der Waals surface area contributed by atoms with Gasteiger partial charge in [-0.3, -0.25) is 9.10 Å². The number of rotatable bonds is 2. The summed E-state index contributed by atoms with van der Waals surface area (Å²) in [5.41, 5.74) is 1.11. The lowest BCUT2D eigenvalue weighted by Gasteiger charge is -2.34. The van der Waals surface area contributed by atoms with Gasteiger partial charge in [-0.2, -0.15) is 0 Å². The van der Waals surface area contributed by atoms with E-state index in [1.54, 1.807) is 24.3 Å². The van der Waals surface area contributed by atoms with Crippen LogP contribution in [0.15, 0.2) is 24.3 Å². The van der Waals surface area contributed by atoms with E-state index in [1.165, 1.54) is 4.31 Å². The molecule has 0 aliphatic carbocycles. The zero-order valence-corrected chi connectivity index (χ0v) is 11.8. The molecule has 2 heterocycles. The summed E-state index contributed by atoms with van der Waals surface area (Å²) in [6.07, 6.45) is 1.47. The van der Waals surface area contributed by atoms with Gasteiger partial charge < -0.3 is 10.6 Å². The first kappa shape index (κ1) is 13.4. The molecule has 1 fully saturated rings. The summed E-state index contributed by atoms with van der Waals surface area (Å²) in [4.78, 5) is 11.7. The van der Waals surface area contributed by atoms with Gasteiger partial charge in [0.05, 0.1) is 16.6 Å². The van der Waals surface area contributed by atoms with E-state index in [0.29, 0.717) is 24.3 Å². The van der Waals surface area contributed by atoms with Crippen LogP contribution in [0.2, 0.25) is 0 Å². The van der Waals surface area contributed by atoms with Gasteiger partial charge in [0.1, 0.15) is 6.54 Å². The van der Waals surface area contributed by atoms with Crippen molar-refractivity contribution in [1.29, 1.82) is 0 Å². The van der Waals surface area contributed by atoms with E-state index in [4.69, 9.17) is 0 Å². The minimum Gasteiger partial charge on any atom is -0.323 e. The minimum absolute atomic E-state index is 0.143. The fraction of sp³-hybridized carbons (Fsp3) is 0.462. The molecular weight excluding hydrogens is 278 g/mol. The highest BCUT2D eigenvalue weighted by atomic mass is 32.2. The Labute approximate surface area is 118 Å². The molecule has 7 heteroatoms. The molecule has 0 saturated carbocycles. The van der Waals surface area contributed by atoms with Crippen LogP contribution in [0.5, 0.6) is 0 Å². The first-order chi connectivity index (χ1) is 9.59. The van der Waals surface area contributed by atoms with Crippen molar-refractivity contribution in [3.8, 4) is 0 Å². The third-order valence-electron chi connectivity index (χ3n) is 3.71. The van der Waals surface area contributed by atoms with Gasteiger partial charge in [0.2, 0.25) is 15.9 Å². The maximum absolute atomic E-state index is 12.8. The first-order valence-corrected chi connectivity index (χ1v) is 8.20. The molecule has 1 aromatic rings. The van der Waals surface area contributed by atoms with Crippen molar-refractivity contribution in [3.05, 3.63) is 24.3 Å². The number of sulfonamides is 1. The second-order valence-electron chi connectivity index (χ2n) is 5.09. The summed E-state index contributed by atoms with van der Waals surface area (Å²) in [7, 11) is -3.52. The molecule has 6 nitrogen and oxygen atoms in total. The number of para-hydroxylation sites is 2. The lowest BCUT2D eigenvalue weighted by molar-refractivity contribution is -0.115. The van der Waals surface area contributed by atoms with Crippen LogP contribution in [-0.2, 0) is 14.8 Å². The quantitative estimate of drug-likeness (QED) is 0.834. The Morgan fingerprint density at radius 3 is 2.80 bits per heavy atom. The molecule has 20 heavy (non-hydrogen) atoms. The van der Waals surface area contributed by atoms with E-state index in [2.05, 4.69) is 10.6 Å². The van der Waals surface area contributed by atoms with Crippen molar-refractivity contribution in [2.45, 2.75) is 18.1 Å². The molecule has 0 aromatic heterocycles. The van der Waals surface area contributed by atoms with Crippen molar-refractivity contribution in [2.75, 3.05) is 29.3 Å². The summed E-state index contributed by atoms with van der Waals surface area (Å²) < 4.78 is 26.8. The summed E-state index contributed by atoms with van der Waals surface area (Å²) in [6, 6.07) is 6.99. The van der Waals surface area contributed by atoms with Gasteiger partial charge in [-0.05, 0) is 31.5 Å². The zero-order chi connectivity index (χ0) is 14.2. The van der Waals surface area contributed by atoms with Crippen LogP contribution >= 0.6 is 0 Å². The summed E-state index contributed by atoms with van der Waals surface area (Å²) in [6.45, 7) is 1.15. The Bertz CT molecular complexity index is 624. The Balaban J connectivity index is 1.98. The van der Waals surface area contributed by atoms with E-state index < -0.39 is 15.3 Å². The number of fused-ring (bicyclic) bond motifs is 1. The molecule has 1 amide bonds. The third-order valence-corrected chi connectivity index (χ3v) is 5.90.